The number of benzene rings is 1. The molecule has 1 rings (SSSR count). The Morgan fingerprint density at radius 3 is 2.53 bits per heavy atom. The molecule has 0 saturated heterocycles. The minimum Gasteiger partial charge on any atom is -0.493 e. The number of aryl methyl sites for hydroxylation is 1. The second kappa shape index (κ2) is 6.67. The van der Waals surface area contributed by atoms with Gasteiger partial charge in [0.25, 0.3) is 0 Å². The summed E-state index contributed by atoms with van der Waals surface area (Å²) in [5.74, 6) is 1.46. The third-order valence-electron chi connectivity index (χ3n) is 2.52. The Hall–Kier alpha value is -1.00. The zero-order valence-electron chi connectivity index (χ0n) is 10.4. The molecule has 0 atom stereocenters. The van der Waals surface area contributed by atoms with E-state index in [9.17, 15) is 0 Å². The van der Waals surface area contributed by atoms with Crippen molar-refractivity contribution in [2.45, 2.75) is 13.3 Å². The normalized spacial score (nSPS) is 10.9. The van der Waals surface area contributed by atoms with Gasteiger partial charge in [-0.3, -0.25) is 0 Å². The number of hydrogen-bond acceptors (Lipinski definition) is 3. The van der Waals surface area contributed by atoms with Gasteiger partial charge in [-0.2, -0.15) is 0 Å². The average Bonchev–Trinajstić information content (AvgIpc) is 2.36. The first-order valence-electron chi connectivity index (χ1n) is 5.49. The van der Waals surface area contributed by atoms with Crippen LogP contribution >= 0.6 is 15.9 Å². The molecule has 0 fully saturated rings. The molecule has 4 heteroatoms. The monoisotopic (exact) mass is 299 g/mol. The lowest BCUT2D eigenvalue weighted by atomic mass is 10.1. The van der Waals surface area contributed by atoms with Crippen LogP contribution in [-0.4, -0.2) is 20.8 Å². The maximum absolute atomic E-state index is 5.48. The quantitative estimate of drug-likeness (QED) is 0.909. The molecule has 0 heterocycles. The minimum absolute atomic E-state index is 0.494. The summed E-state index contributed by atoms with van der Waals surface area (Å²) in [5, 5.41) is 0. The second-order valence-electron chi connectivity index (χ2n) is 3.49. The number of nitrogens with two attached hydrogens (primary N) is 1. The van der Waals surface area contributed by atoms with Crippen LogP contribution in [-0.2, 0) is 6.42 Å². The van der Waals surface area contributed by atoms with Crippen molar-refractivity contribution in [2.75, 3.05) is 20.8 Å². The molecule has 1 aromatic rings. The molecule has 0 amide bonds. The van der Waals surface area contributed by atoms with Crippen molar-refractivity contribution in [3.63, 3.8) is 0 Å². The maximum Gasteiger partial charge on any atom is 0.169 e. The first-order chi connectivity index (χ1) is 8.19. The summed E-state index contributed by atoms with van der Waals surface area (Å²) in [4.78, 5) is 0. The van der Waals surface area contributed by atoms with E-state index in [4.69, 9.17) is 15.2 Å². The van der Waals surface area contributed by atoms with E-state index in [1.165, 1.54) is 5.56 Å². The van der Waals surface area contributed by atoms with Gasteiger partial charge in [-0.25, -0.2) is 0 Å². The Morgan fingerprint density at radius 1 is 1.35 bits per heavy atom. The fraction of sp³-hybridized carbons (Fsp3) is 0.385. The van der Waals surface area contributed by atoms with Crippen molar-refractivity contribution in [2.24, 2.45) is 5.73 Å². The highest BCUT2D eigenvalue weighted by molar-refractivity contribution is 9.10. The van der Waals surface area contributed by atoms with Crippen LogP contribution in [0.2, 0.25) is 0 Å². The molecular weight excluding hydrogens is 282 g/mol. The molecule has 3 nitrogen and oxygen atoms in total. The van der Waals surface area contributed by atoms with Crippen LogP contribution in [0.5, 0.6) is 11.5 Å². The Morgan fingerprint density at radius 2 is 2.06 bits per heavy atom. The van der Waals surface area contributed by atoms with Crippen LogP contribution in [0.25, 0.3) is 6.08 Å². The number of methoxy groups -OCH3 is 2. The average molecular weight is 300 g/mol. The lowest BCUT2D eigenvalue weighted by molar-refractivity contribution is 0.353. The van der Waals surface area contributed by atoms with Crippen molar-refractivity contribution in [3.8, 4) is 11.5 Å². The Bertz CT molecular complexity index is 416. The number of rotatable bonds is 5. The van der Waals surface area contributed by atoms with Crippen LogP contribution in [0.3, 0.4) is 0 Å². The van der Waals surface area contributed by atoms with Gasteiger partial charge in [0.15, 0.2) is 11.5 Å². The van der Waals surface area contributed by atoms with Crippen LogP contribution in [0.15, 0.2) is 16.6 Å². The number of hydrogen-bond donors (Lipinski definition) is 1. The molecule has 0 bridgehead atoms. The van der Waals surface area contributed by atoms with Crippen LogP contribution in [0, 0.1) is 0 Å². The Labute approximate surface area is 111 Å². The first kappa shape index (κ1) is 14.1. The van der Waals surface area contributed by atoms with Crippen LogP contribution in [0.1, 0.15) is 18.1 Å². The first-order valence-corrected chi connectivity index (χ1v) is 6.28. The van der Waals surface area contributed by atoms with E-state index in [2.05, 4.69) is 22.9 Å². The predicted octanol–water partition coefficient (Wildman–Crippen LogP) is 3.00. The van der Waals surface area contributed by atoms with Gasteiger partial charge < -0.3 is 15.2 Å². The summed E-state index contributed by atoms with van der Waals surface area (Å²) in [5.41, 5.74) is 7.63. The minimum atomic E-state index is 0.494. The summed E-state index contributed by atoms with van der Waals surface area (Å²) >= 11 is 3.60. The smallest absolute Gasteiger partial charge is 0.169 e. The molecule has 0 spiro atoms. The molecule has 0 aliphatic rings. The van der Waals surface area contributed by atoms with Crippen molar-refractivity contribution in [3.05, 3.63) is 27.7 Å². The van der Waals surface area contributed by atoms with Gasteiger partial charge in [0.1, 0.15) is 0 Å². The van der Waals surface area contributed by atoms with E-state index in [-0.39, 0.29) is 0 Å². The molecule has 0 radical (unpaired) electrons. The fourth-order valence-corrected chi connectivity index (χ4v) is 2.35. The van der Waals surface area contributed by atoms with Crippen molar-refractivity contribution in [1.29, 1.82) is 0 Å². The third kappa shape index (κ3) is 3.01. The molecule has 2 N–H and O–H groups in total. The van der Waals surface area contributed by atoms with Crippen molar-refractivity contribution in [1.82, 2.24) is 0 Å². The number of halogens is 1. The van der Waals surface area contributed by atoms with Crippen molar-refractivity contribution >= 4 is 22.0 Å². The molecule has 0 saturated carbocycles. The molecule has 0 unspecified atom stereocenters. The van der Waals surface area contributed by atoms with Crippen LogP contribution < -0.4 is 15.2 Å². The van der Waals surface area contributed by atoms with Gasteiger partial charge in [-0.15, -0.1) is 0 Å². The summed E-state index contributed by atoms with van der Waals surface area (Å²) < 4.78 is 11.8. The molecule has 0 aromatic heterocycles. The fourth-order valence-electron chi connectivity index (χ4n) is 1.65. The topological polar surface area (TPSA) is 44.5 Å². The van der Waals surface area contributed by atoms with E-state index < -0.39 is 0 Å². The second-order valence-corrected chi connectivity index (χ2v) is 4.28. The SMILES string of the molecule is CCc1cc(OC)c(OC)c(/C=C/CN)c1Br. The molecule has 0 aliphatic heterocycles. The molecule has 94 valence electrons. The molecular formula is C13H18BrNO2. The van der Waals surface area contributed by atoms with E-state index in [0.29, 0.717) is 6.54 Å². The maximum atomic E-state index is 5.48. The van der Waals surface area contributed by atoms with E-state index >= 15 is 0 Å². The highest BCUT2D eigenvalue weighted by atomic mass is 79.9. The summed E-state index contributed by atoms with van der Waals surface area (Å²) in [6.45, 7) is 2.59. The zero-order valence-corrected chi connectivity index (χ0v) is 12.0. The highest BCUT2D eigenvalue weighted by Crippen LogP contribution is 2.39. The third-order valence-corrected chi connectivity index (χ3v) is 3.45. The summed E-state index contributed by atoms with van der Waals surface area (Å²) in [7, 11) is 3.28. The summed E-state index contributed by atoms with van der Waals surface area (Å²) in [6.07, 6.45) is 4.76. The Kier molecular flexibility index (Phi) is 5.51. The lowest BCUT2D eigenvalue weighted by Crippen LogP contribution is -1.98. The van der Waals surface area contributed by atoms with Gasteiger partial charge in [0.2, 0.25) is 0 Å². The van der Waals surface area contributed by atoms with Gasteiger partial charge in [-0.05, 0) is 34.0 Å². The number of ether oxygens (including phenoxy) is 2. The largest absolute Gasteiger partial charge is 0.493 e. The van der Waals surface area contributed by atoms with Gasteiger partial charge in [0, 0.05) is 16.6 Å². The van der Waals surface area contributed by atoms with Crippen molar-refractivity contribution < 1.29 is 9.47 Å². The Balaban J connectivity index is 3.44. The highest BCUT2D eigenvalue weighted by Gasteiger charge is 2.15. The van der Waals surface area contributed by atoms with Crippen LogP contribution in [0.4, 0.5) is 0 Å². The summed E-state index contributed by atoms with van der Waals surface area (Å²) in [6, 6.07) is 1.99. The molecule has 0 aliphatic carbocycles. The zero-order chi connectivity index (χ0) is 12.8. The van der Waals surface area contributed by atoms with Gasteiger partial charge in [-0.1, -0.05) is 19.1 Å². The molecule has 1 aromatic carbocycles. The van der Waals surface area contributed by atoms with Gasteiger partial charge >= 0.3 is 0 Å². The van der Waals surface area contributed by atoms with E-state index in [0.717, 1.165) is 28.0 Å². The van der Waals surface area contributed by atoms with E-state index in [1.54, 1.807) is 14.2 Å². The van der Waals surface area contributed by atoms with E-state index in [1.807, 2.05) is 18.2 Å². The lowest BCUT2D eigenvalue weighted by Gasteiger charge is -2.15. The molecule has 17 heavy (non-hydrogen) atoms. The predicted molar refractivity (Wildman–Crippen MR) is 74.7 cm³/mol. The standard InChI is InChI=1S/C13H18BrNO2/c1-4-9-8-11(16-2)13(17-3)10(12(9)14)6-5-7-15/h5-6,8H,4,7,15H2,1-3H3/b6-5+. The van der Waals surface area contributed by atoms with Gasteiger partial charge in [0.05, 0.1) is 14.2 Å².